The number of hydrogen-bond acceptors (Lipinski definition) is 17. The Hall–Kier alpha value is -8.69. The van der Waals surface area contributed by atoms with E-state index < -0.39 is 139 Å². The lowest BCUT2D eigenvalue weighted by Gasteiger charge is -2.42. The van der Waals surface area contributed by atoms with E-state index in [0.717, 1.165) is 29.7 Å². The number of guanidine groups is 3. The maximum absolute atomic E-state index is 15.1. The van der Waals surface area contributed by atoms with Crippen molar-refractivity contribution in [3.63, 3.8) is 0 Å². The molecule has 0 bridgehead atoms. The molecule has 22 N–H and O–H groups in total. The van der Waals surface area contributed by atoms with Gasteiger partial charge >= 0.3 is 5.97 Å². The second-order valence-electron chi connectivity index (χ2n) is 23.1. The van der Waals surface area contributed by atoms with Gasteiger partial charge in [0.25, 0.3) is 0 Å². The highest BCUT2D eigenvalue weighted by Crippen LogP contribution is 2.30. The third-order valence-electron chi connectivity index (χ3n) is 16.4. The van der Waals surface area contributed by atoms with Crippen LogP contribution in [0.5, 0.6) is 0 Å². The fraction of sp³-hybridized carbons (Fsp3) is 0.603. The molecule has 2 aromatic rings. The molecule has 0 unspecified atom stereocenters. The zero-order valence-electron chi connectivity index (χ0n) is 51.0. The number of thiophene rings is 1. The molecule has 9 atom stereocenters. The number of amides is 9. The average molecular weight is 1290 g/mol. The number of carboxylic acids is 1. The molecule has 3 fully saturated rings. The Bertz CT molecular complexity index is 2950. The number of rotatable bonds is 32. The summed E-state index contributed by atoms with van der Waals surface area (Å²) in [5.41, 5.74) is 40.2. The van der Waals surface area contributed by atoms with Crippen molar-refractivity contribution >= 4 is 88.3 Å². The van der Waals surface area contributed by atoms with E-state index in [-0.39, 0.29) is 115 Å². The van der Waals surface area contributed by atoms with E-state index in [9.17, 15) is 58.5 Å². The largest absolute Gasteiger partial charge is 0.480 e. The molecule has 0 radical (unpaired) electrons. The minimum Gasteiger partial charge on any atom is -0.480 e. The van der Waals surface area contributed by atoms with Crippen molar-refractivity contribution in [2.24, 2.45) is 55.1 Å². The van der Waals surface area contributed by atoms with Crippen molar-refractivity contribution in [2.45, 2.75) is 170 Å². The van der Waals surface area contributed by atoms with Gasteiger partial charge < -0.3 is 102 Å². The average Bonchev–Trinajstić information content (AvgIpc) is 1.56. The summed E-state index contributed by atoms with van der Waals surface area (Å²) in [5, 5.41) is 46.4. The van der Waals surface area contributed by atoms with Crippen LogP contribution in [0.4, 0.5) is 0 Å². The lowest BCUT2D eigenvalue weighted by molar-refractivity contribution is -0.152. The Labute approximate surface area is 530 Å². The van der Waals surface area contributed by atoms with E-state index in [0.29, 0.717) is 36.1 Å². The van der Waals surface area contributed by atoms with E-state index in [1.165, 1.54) is 26.0 Å². The molecule has 2 saturated heterocycles. The topological polar surface area (TPSA) is 524 Å². The molecule has 1 aromatic carbocycles. The highest BCUT2D eigenvalue weighted by atomic mass is 32.1. The van der Waals surface area contributed by atoms with Crippen molar-refractivity contribution in [1.29, 1.82) is 0 Å². The second-order valence-corrected chi connectivity index (χ2v) is 24.2. The predicted octanol–water partition coefficient (Wildman–Crippen LogP) is -5.02. The second kappa shape index (κ2) is 35.1. The number of fused-ring (bicyclic) bond motifs is 1. The number of β-amino-alcohol motifs (C(OH)–C–C–N with tert-alkyl or cyclic N) is 1. The van der Waals surface area contributed by atoms with Crippen LogP contribution in [0, 0.1) is 0 Å². The molecule has 3 aliphatic heterocycles. The molecule has 4 heterocycles. The smallest absolute Gasteiger partial charge is 0.326 e. The summed E-state index contributed by atoms with van der Waals surface area (Å²) in [4.78, 5) is 158. The van der Waals surface area contributed by atoms with Gasteiger partial charge in [-0.2, -0.15) is 0 Å². The van der Waals surface area contributed by atoms with Crippen LogP contribution >= 0.6 is 11.3 Å². The number of hydrogen-bond donors (Lipinski definition) is 15. The number of carbonyl (C=O) groups excluding carboxylic acids is 9. The van der Waals surface area contributed by atoms with E-state index in [1.807, 2.05) is 6.07 Å². The third kappa shape index (κ3) is 21.2. The number of aliphatic imine (C=N–C) groups is 3. The molecular formula is C58H89N19O13S. The van der Waals surface area contributed by atoms with E-state index >= 15 is 4.79 Å². The molecule has 33 heteroatoms. The van der Waals surface area contributed by atoms with Crippen LogP contribution in [0.25, 0.3) is 0 Å². The standard InChI is InChI=1S/C58H89N19O13S/c59-38(16-6-20-66-56(60)61)48(82)72-39(17-7-21-67-57(62)63)51(85)74-23-9-19-43(74)53(87)77-30-36(79)26-44(77)50(84)69-28-46(80)71-41(27-37-15-10-24-91-37)49(83)73-42(32-78)52(86)76-29-34-12-5-4-11-33(34)25-45(76)54(88)75(35-13-2-1-3-14-35)31-47(81)70-40(55(89)90)18-8-22-68-58(64)65/h4-5,10-12,15,24,35-36,38-45,78-79H,1-3,6-9,13-14,16-23,25-32,59H2,(H,69,84)(H,70,81)(H,71,80)(H,72,82)(H,73,83)(H,89,90)(H4,60,61,66)(H4,62,63,67)(H4,64,65,68)/t36-,38-,39+,40+,41+,42+,43+,44+,45-/m1/s1. The van der Waals surface area contributed by atoms with Crippen LogP contribution in [-0.4, -0.2) is 225 Å². The van der Waals surface area contributed by atoms with Crippen LogP contribution in [0.2, 0.25) is 0 Å². The molecule has 9 amide bonds. The van der Waals surface area contributed by atoms with Crippen molar-refractivity contribution < 1.29 is 63.3 Å². The van der Waals surface area contributed by atoms with E-state index in [2.05, 4.69) is 41.6 Å². The molecule has 91 heavy (non-hydrogen) atoms. The highest BCUT2D eigenvalue weighted by molar-refractivity contribution is 7.09. The van der Waals surface area contributed by atoms with Crippen LogP contribution in [-0.2, 0) is 67.3 Å². The van der Waals surface area contributed by atoms with Gasteiger partial charge in [-0.15, -0.1) is 11.3 Å². The number of benzene rings is 1. The Morgan fingerprint density at radius 2 is 1.25 bits per heavy atom. The number of aliphatic hydroxyl groups is 2. The maximum atomic E-state index is 15.1. The van der Waals surface area contributed by atoms with Crippen molar-refractivity contribution in [3.05, 3.63) is 57.8 Å². The molecule has 500 valence electrons. The van der Waals surface area contributed by atoms with E-state index in [1.54, 1.807) is 35.7 Å². The molecular weight excluding hydrogens is 1200 g/mol. The fourth-order valence-corrected chi connectivity index (χ4v) is 12.6. The molecule has 1 saturated carbocycles. The number of nitrogens with one attached hydrogen (secondary N) is 5. The van der Waals surface area contributed by atoms with Crippen molar-refractivity contribution in [3.8, 4) is 0 Å². The van der Waals surface area contributed by atoms with Crippen molar-refractivity contribution in [2.75, 3.05) is 52.4 Å². The Balaban J connectivity index is 1.13. The summed E-state index contributed by atoms with van der Waals surface area (Å²) >= 11 is 1.27. The van der Waals surface area contributed by atoms with Gasteiger partial charge in [-0.25, -0.2) is 4.79 Å². The number of carboxylic acid groups (broad SMARTS) is 1. The molecule has 6 rings (SSSR count). The molecule has 0 spiro atoms. The minimum atomic E-state index is -1.67. The van der Waals surface area contributed by atoms with Gasteiger partial charge in [-0.05, 0) is 86.8 Å². The third-order valence-corrected chi connectivity index (χ3v) is 17.3. The number of aliphatic carboxylic acids is 1. The summed E-state index contributed by atoms with van der Waals surface area (Å²) in [6.45, 7) is -2.00. The van der Waals surface area contributed by atoms with Gasteiger partial charge in [0.15, 0.2) is 17.9 Å². The molecule has 32 nitrogen and oxygen atoms in total. The van der Waals surface area contributed by atoms with Crippen LogP contribution in [0.3, 0.4) is 0 Å². The first-order valence-electron chi connectivity index (χ1n) is 30.7. The van der Waals surface area contributed by atoms with Crippen molar-refractivity contribution in [1.82, 2.24) is 46.2 Å². The maximum Gasteiger partial charge on any atom is 0.326 e. The van der Waals surface area contributed by atoms with Gasteiger partial charge in [-0.3, -0.25) is 58.1 Å². The highest BCUT2D eigenvalue weighted by Gasteiger charge is 2.47. The van der Waals surface area contributed by atoms with Crippen LogP contribution < -0.4 is 66.7 Å². The quantitative estimate of drug-likeness (QED) is 0.0185. The molecule has 1 aromatic heterocycles. The zero-order chi connectivity index (χ0) is 66.3. The summed E-state index contributed by atoms with van der Waals surface area (Å²) in [6, 6.07) is -0.107. The van der Waals surface area contributed by atoms with Crippen LogP contribution in [0.15, 0.2) is 56.8 Å². The van der Waals surface area contributed by atoms with Gasteiger partial charge in [-0.1, -0.05) is 49.6 Å². The lowest BCUT2D eigenvalue weighted by Crippen LogP contribution is -2.62. The van der Waals surface area contributed by atoms with Gasteiger partial charge in [0.1, 0.15) is 42.3 Å². The Morgan fingerprint density at radius 1 is 0.648 bits per heavy atom. The van der Waals surface area contributed by atoms with Gasteiger partial charge in [0.2, 0.25) is 53.2 Å². The Morgan fingerprint density at radius 3 is 1.87 bits per heavy atom. The predicted molar refractivity (Wildman–Crippen MR) is 335 cm³/mol. The molecule has 1 aliphatic carbocycles. The van der Waals surface area contributed by atoms with E-state index in [4.69, 9.17) is 40.1 Å². The normalized spacial score (nSPS) is 19.6. The minimum absolute atomic E-state index is 0.0000608. The molecule has 4 aliphatic rings. The fourth-order valence-electron chi connectivity index (χ4n) is 11.8. The number of carbonyl (C=O) groups is 10. The SMILES string of the molecule is NC(N)=NCCC[C@@H](N)C(=O)N[C@@H](CCCN=C(N)N)C(=O)N1CCC[C@H]1C(=O)N1C[C@H](O)C[C@H]1C(=O)NCC(=O)N[C@@H](Cc1cccs1)C(=O)N[C@@H](CO)C(=O)N1Cc2ccccc2C[C@@H]1C(=O)N(CC(=O)N[C@@H](CCCN=C(N)N)C(=O)O)C1CCCCC1. The summed E-state index contributed by atoms with van der Waals surface area (Å²) in [7, 11) is 0. The summed E-state index contributed by atoms with van der Waals surface area (Å²) < 4.78 is 0. The summed E-state index contributed by atoms with van der Waals surface area (Å²) in [5.74, 6) is -8.41. The number of likely N-dealkylation sites (tertiary alicyclic amines) is 2. The van der Waals surface area contributed by atoms with Crippen LogP contribution in [0.1, 0.15) is 106 Å². The van der Waals surface area contributed by atoms with Gasteiger partial charge in [0.05, 0.1) is 31.8 Å². The first-order chi connectivity index (χ1) is 43.4. The summed E-state index contributed by atoms with van der Waals surface area (Å²) in [6.07, 6.45) is 3.67. The first kappa shape index (κ1) is 71.4. The van der Waals surface area contributed by atoms with Gasteiger partial charge in [0, 0.05) is 69.4 Å². The Kier molecular flexibility index (Phi) is 27.5. The number of nitrogens with two attached hydrogens (primary N) is 7. The number of aliphatic hydroxyl groups excluding tert-OH is 2. The zero-order valence-corrected chi connectivity index (χ0v) is 51.8. The number of nitrogens with zero attached hydrogens (tertiary/aromatic N) is 7. The monoisotopic (exact) mass is 1290 g/mol. The first-order valence-corrected chi connectivity index (χ1v) is 31.6. The lowest BCUT2D eigenvalue weighted by atomic mass is 9.90.